The van der Waals surface area contributed by atoms with Crippen LogP contribution >= 0.6 is 0 Å². The molecule has 0 radical (unpaired) electrons. The molecule has 0 saturated carbocycles. The van der Waals surface area contributed by atoms with Crippen LogP contribution in [0.3, 0.4) is 0 Å². The average molecular weight is 224 g/mol. The van der Waals surface area contributed by atoms with Crippen molar-refractivity contribution in [2.75, 3.05) is 18.5 Å². The summed E-state index contributed by atoms with van der Waals surface area (Å²) in [6, 6.07) is 4.82. The van der Waals surface area contributed by atoms with Crippen LogP contribution in [0.25, 0.3) is 0 Å². The van der Waals surface area contributed by atoms with E-state index in [-0.39, 0.29) is 12.2 Å². The summed E-state index contributed by atoms with van der Waals surface area (Å²) in [4.78, 5) is 22.2. The quantitative estimate of drug-likeness (QED) is 0.617. The van der Waals surface area contributed by atoms with E-state index in [1.807, 2.05) is 0 Å². The average Bonchev–Trinajstić information content (AvgIpc) is 2.15. The zero-order valence-electron chi connectivity index (χ0n) is 9.01. The van der Waals surface area contributed by atoms with Crippen LogP contribution in [-0.2, 0) is 4.79 Å². The highest BCUT2D eigenvalue weighted by Crippen LogP contribution is 2.30. The van der Waals surface area contributed by atoms with Gasteiger partial charge < -0.3 is 10.0 Å². The van der Waals surface area contributed by atoms with Crippen molar-refractivity contribution in [1.29, 1.82) is 0 Å². The van der Waals surface area contributed by atoms with E-state index >= 15 is 0 Å². The molecule has 0 aliphatic heterocycles. The number of hydrogen-bond donors (Lipinski definition) is 1. The number of aliphatic carboxylic acids is 1. The van der Waals surface area contributed by atoms with Crippen LogP contribution in [0.4, 0.5) is 11.4 Å². The second-order valence-corrected chi connectivity index (χ2v) is 3.45. The van der Waals surface area contributed by atoms with Crippen molar-refractivity contribution in [2.45, 2.75) is 6.92 Å². The second kappa shape index (κ2) is 4.61. The number of aryl methyl sites for hydroxylation is 1. The van der Waals surface area contributed by atoms with Gasteiger partial charge in [-0.2, -0.15) is 0 Å². The molecule has 0 atom stereocenters. The summed E-state index contributed by atoms with van der Waals surface area (Å²) in [7, 11) is 1.51. The fourth-order valence-corrected chi connectivity index (χ4v) is 1.48. The van der Waals surface area contributed by atoms with Crippen LogP contribution in [0.15, 0.2) is 18.2 Å². The molecule has 0 fully saturated rings. The van der Waals surface area contributed by atoms with Gasteiger partial charge in [0.1, 0.15) is 12.2 Å². The zero-order chi connectivity index (χ0) is 12.3. The second-order valence-electron chi connectivity index (χ2n) is 3.45. The fraction of sp³-hybridized carbons (Fsp3) is 0.300. The van der Waals surface area contributed by atoms with Gasteiger partial charge in [-0.3, -0.25) is 14.9 Å². The van der Waals surface area contributed by atoms with Gasteiger partial charge in [0.2, 0.25) is 0 Å². The minimum absolute atomic E-state index is 0.0498. The molecule has 0 aliphatic rings. The molecule has 0 aliphatic carbocycles. The van der Waals surface area contributed by atoms with Crippen LogP contribution in [0.5, 0.6) is 0 Å². The molecule has 0 unspecified atom stereocenters. The van der Waals surface area contributed by atoms with Gasteiger partial charge in [-0.25, -0.2) is 0 Å². The first-order chi connectivity index (χ1) is 7.43. The molecule has 0 bridgehead atoms. The molecule has 1 N–H and O–H groups in total. The van der Waals surface area contributed by atoms with E-state index in [0.29, 0.717) is 11.3 Å². The largest absolute Gasteiger partial charge is 0.480 e. The Morgan fingerprint density at radius 3 is 2.69 bits per heavy atom. The predicted octanol–water partition coefficient (Wildman–Crippen LogP) is 1.42. The number of anilines is 1. The van der Waals surface area contributed by atoms with Crippen molar-refractivity contribution in [1.82, 2.24) is 0 Å². The van der Waals surface area contributed by atoms with E-state index in [1.165, 1.54) is 18.0 Å². The molecule has 6 nitrogen and oxygen atoms in total. The molecular weight excluding hydrogens is 212 g/mol. The van der Waals surface area contributed by atoms with Gasteiger partial charge in [-0.15, -0.1) is 0 Å². The van der Waals surface area contributed by atoms with Crippen molar-refractivity contribution >= 4 is 17.3 Å². The number of likely N-dealkylation sites (N-methyl/N-ethyl adjacent to an activating group) is 1. The molecule has 0 saturated heterocycles. The molecule has 6 heteroatoms. The number of para-hydroxylation sites is 1. The van der Waals surface area contributed by atoms with Gasteiger partial charge in [-0.05, 0) is 13.0 Å². The minimum Gasteiger partial charge on any atom is -0.480 e. The van der Waals surface area contributed by atoms with Crippen molar-refractivity contribution in [3.8, 4) is 0 Å². The standard InChI is InChI=1S/C10H12N2O4/c1-7-4-3-5-8(10(7)12(15)16)11(2)6-9(13)14/h3-5H,6H2,1-2H3,(H,13,14). The van der Waals surface area contributed by atoms with Gasteiger partial charge >= 0.3 is 5.97 Å². The third-order valence-electron chi connectivity index (χ3n) is 2.18. The van der Waals surface area contributed by atoms with E-state index in [9.17, 15) is 14.9 Å². The minimum atomic E-state index is -1.03. The van der Waals surface area contributed by atoms with E-state index in [4.69, 9.17) is 5.11 Å². The highest BCUT2D eigenvalue weighted by Gasteiger charge is 2.20. The number of nitro groups is 1. The van der Waals surface area contributed by atoms with E-state index in [1.54, 1.807) is 19.1 Å². The first kappa shape index (κ1) is 12.0. The number of rotatable bonds is 4. The Morgan fingerprint density at radius 1 is 1.56 bits per heavy atom. The molecular formula is C10H12N2O4. The number of benzene rings is 1. The summed E-state index contributed by atoms with van der Waals surface area (Å²) in [5, 5.41) is 19.5. The van der Waals surface area contributed by atoms with Gasteiger partial charge in [0.15, 0.2) is 0 Å². The summed E-state index contributed by atoms with van der Waals surface area (Å²) >= 11 is 0. The van der Waals surface area contributed by atoms with Crippen molar-refractivity contribution in [2.24, 2.45) is 0 Å². The van der Waals surface area contributed by atoms with Gasteiger partial charge in [-0.1, -0.05) is 12.1 Å². The van der Waals surface area contributed by atoms with E-state index in [2.05, 4.69) is 0 Å². The predicted molar refractivity (Wildman–Crippen MR) is 58.7 cm³/mol. The summed E-state index contributed by atoms with van der Waals surface area (Å²) < 4.78 is 0. The van der Waals surface area contributed by atoms with Gasteiger partial charge in [0, 0.05) is 12.6 Å². The molecule has 86 valence electrons. The molecule has 1 aromatic rings. The van der Waals surface area contributed by atoms with Crippen molar-refractivity contribution in [3.63, 3.8) is 0 Å². The number of carboxylic acid groups (broad SMARTS) is 1. The van der Waals surface area contributed by atoms with Crippen LogP contribution < -0.4 is 4.90 Å². The number of nitrogens with zero attached hydrogens (tertiary/aromatic N) is 2. The molecule has 1 aromatic carbocycles. The Morgan fingerprint density at radius 2 is 2.19 bits per heavy atom. The van der Waals surface area contributed by atoms with Crippen molar-refractivity contribution < 1.29 is 14.8 Å². The third-order valence-corrected chi connectivity index (χ3v) is 2.18. The molecule has 16 heavy (non-hydrogen) atoms. The SMILES string of the molecule is Cc1cccc(N(C)CC(=O)O)c1[N+](=O)[O-]. The van der Waals surface area contributed by atoms with E-state index in [0.717, 1.165) is 0 Å². The maximum atomic E-state index is 10.9. The van der Waals surface area contributed by atoms with Crippen LogP contribution in [-0.4, -0.2) is 29.6 Å². The van der Waals surface area contributed by atoms with E-state index < -0.39 is 10.9 Å². The number of carbonyl (C=O) groups is 1. The third kappa shape index (κ3) is 2.47. The van der Waals surface area contributed by atoms with Gasteiger partial charge in [0.05, 0.1) is 4.92 Å². The molecule has 0 heterocycles. The van der Waals surface area contributed by atoms with Gasteiger partial charge in [0.25, 0.3) is 5.69 Å². The number of nitro benzene ring substituents is 1. The maximum absolute atomic E-state index is 10.9. The summed E-state index contributed by atoms with van der Waals surface area (Å²) in [6.45, 7) is 1.35. The summed E-state index contributed by atoms with van der Waals surface area (Å²) in [6.07, 6.45) is 0. The monoisotopic (exact) mass is 224 g/mol. The lowest BCUT2D eigenvalue weighted by Gasteiger charge is -2.17. The lowest BCUT2D eigenvalue weighted by molar-refractivity contribution is -0.384. The molecule has 0 spiro atoms. The number of carboxylic acids is 1. The van der Waals surface area contributed by atoms with Crippen LogP contribution in [0.2, 0.25) is 0 Å². The highest BCUT2D eigenvalue weighted by atomic mass is 16.6. The first-order valence-electron chi connectivity index (χ1n) is 4.60. The number of hydrogen-bond acceptors (Lipinski definition) is 4. The first-order valence-corrected chi connectivity index (χ1v) is 4.60. The normalized spacial score (nSPS) is 9.88. The summed E-state index contributed by atoms with van der Waals surface area (Å²) in [5.74, 6) is -1.03. The lowest BCUT2D eigenvalue weighted by Crippen LogP contribution is -2.25. The Balaban J connectivity index is 3.17. The lowest BCUT2D eigenvalue weighted by atomic mass is 10.1. The van der Waals surface area contributed by atoms with Crippen molar-refractivity contribution in [3.05, 3.63) is 33.9 Å². The zero-order valence-corrected chi connectivity index (χ0v) is 9.01. The Kier molecular flexibility index (Phi) is 3.44. The topological polar surface area (TPSA) is 83.7 Å². The van der Waals surface area contributed by atoms with Crippen LogP contribution in [0, 0.1) is 17.0 Å². The molecule has 1 rings (SSSR count). The Hall–Kier alpha value is -2.11. The molecule has 0 aromatic heterocycles. The maximum Gasteiger partial charge on any atom is 0.323 e. The fourth-order valence-electron chi connectivity index (χ4n) is 1.48. The Labute approximate surface area is 92.3 Å². The highest BCUT2D eigenvalue weighted by molar-refractivity contribution is 5.76. The smallest absolute Gasteiger partial charge is 0.323 e. The molecule has 0 amide bonds. The summed E-state index contributed by atoms with van der Waals surface area (Å²) in [5.41, 5.74) is 0.776. The Bertz CT molecular complexity index is 431. The van der Waals surface area contributed by atoms with Crippen LogP contribution in [0.1, 0.15) is 5.56 Å².